The number of carbonyl (C=O) groups is 1. The molecule has 0 aliphatic heterocycles. The predicted molar refractivity (Wildman–Crippen MR) is 85.1 cm³/mol. The number of nitrogens with one attached hydrogen (secondary N) is 1. The van der Waals surface area contributed by atoms with Crippen molar-refractivity contribution in [1.29, 1.82) is 0 Å². The molecule has 0 radical (unpaired) electrons. The summed E-state index contributed by atoms with van der Waals surface area (Å²) in [4.78, 5) is 12.5. The Bertz CT molecular complexity index is 793. The van der Waals surface area contributed by atoms with E-state index in [1.54, 1.807) is 19.4 Å². The summed E-state index contributed by atoms with van der Waals surface area (Å²) in [6.07, 6.45) is 1.59. The van der Waals surface area contributed by atoms with Crippen molar-refractivity contribution in [3.05, 3.63) is 66.1 Å². The van der Waals surface area contributed by atoms with Gasteiger partial charge >= 0.3 is 0 Å². The first-order valence-electron chi connectivity index (χ1n) is 7.10. The summed E-state index contributed by atoms with van der Waals surface area (Å²) < 4.78 is 10.7. The Balaban J connectivity index is 1.92. The van der Waals surface area contributed by atoms with Crippen molar-refractivity contribution >= 4 is 16.7 Å². The molecule has 0 aliphatic carbocycles. The second-order valence-corrected chi connectivity index (χ2v) is 5.11. The molecular formula is C18H17NO3. The number of ether oxygens (including phenoxy) is 1. The summed E-state index contributed by atoms with van der Waals surface area (Å²) >= 11 is 0. The van der Waals surface area contributed by atoms with Crippen molar-refractivity contribution in [2.75, 3.05) is 7.11 Å². The second-order valence-electron chi connectivity index (χ2n) is 5.11. The largest absolute Gasteiger partial charge is 0.496 e. The molecule has 2 aromatic carbocycles. The maximum absolute atomic E-state index is 12.5. The fourth-order valence-electron chi connectivity index (χ4n) is 2.45. The molecule has 1 amide bonds. The number of rotatable bonds is 4. The lowest BCUT2D eigenvalue weighted by atomic mass is 10.0. The molecule has 1 unspecified atom stereocenters. The molecular weight excluding hydrogens is 278 g/mol. The lowest BCUT2D eigenvalue weighted by Crippen LogP contribution is -2.26. The zero-order valence-corrected chi connectivity index (χ0v) is 12.5. The molecule has 0 aliphatic rings. The third kappa shape index (κ3) is 2.68. The van der Waals surface area contributed by atoms with Gasteiger partial charge in [-0.2, -0.15) is 0 Å². The van der Waals surface area contributed by atoms with Gasteiger partial charge in [0.25, 0.3) is 5.91 Å². The van der Waals surface area contributed by atoms with Crippen molar-refractivity contribution in [3.63, 3.8) is 0 Å². The van der Waals surface area contributed by atoms with Gasteiger partial charge in [-0.25, -0.2) is 0 Å². The maximum Gasteiger partial charge on any atom is 0.255 e. The fourth-order valence-corrected chi connectivity index (χ4v) is 2.45. The van der Waals surface area contributed by atoms with Gasteiger partial charge in [0.15, 0.2) is 0 Å². The highest BCUT2D eigenvalue weighted by Gasteiger charge is 2.17. The van der Waals surface area contributed by atoms with E-state index >= 15 is 0 Å². The van der Waals surface area contributed by atoms with Crippen molar-refractivity contribution in [1.82, 2.24) is 5.32 Å². The fraction of sp³-hybridized carbons (Fsp3) is 0.167. The lowest BCUT2D eigenvalue weighted by molar-refractivity contribution is 0.0932. The number of carbonyl (C=O) groups excluding carboxylic acids is 1. The minimum absolute atomic E-state index is 0.188. The predicted octanol–water partition coefficient (Wildman–Crippen LogP) is 3.93. The smallest absolute Gasteiger partial charge is 0.255 e. The van der Waals surface area contributed by atoms with E-state index in [2.05, 4.69) is 5.32 Å². The average Bonchev–Trinajstić information content (AvgIpc) is 3.08. The number of fused-ring (bicyclic) bond motifs is 1. The number of hydrogen-bond acceptors (Lipinski definition) is 3. The van der Waals surface area contributed by atoms with Crippen LogP contribution in [0.5, 0.6) is 5.75 Å². The Morgan fingerprint density at radius 1 is 1.14 bits per heavy atom. The van der Waals surface area contributed by atoms with Gasteiger partial charge in [0.05, 0.1) is 25.0 Å². The summed E-state index contributed by atoms with van der Waals surface area (Å²) in [5.41, 5.74) is 0.514. The molecule has 0 saturated carbocycles. The zero-order valence-electron chi connectivity index (χ0n) is 12.5. The molecule has 4 heteroatoms. The van der Waals surface area contributed by atoms with Crippen LogP contribution >= 0.6 is 0 Å². The maximum atomic E-state index is 12.5. The summed E-state index contributed by atoms with van der Waals surface area (Å²) in [5.74, 6) is 1.09. The molecule has 112 valence electrons. The Morgan fingerprint density at radius 3 is 2.50 bits per heavy atom. The Kier molecular flexibility index (Phi) is 3.83. The SMILES string of the molecule is COc1cc2ccccc2cc1C(=O)NC(C)c1ccco1. The highest BCUT2D eigenvalue weighted by Crippen LogP contribution is 2.26. The molecule has 0 saturated heterocycles. The van der Waals surface area contributed by atoms with E-state index in [-0.39, 0.29) is 11.9 Å². The zero-order chi connectivity index (χ0) is 15.5. The summed E-state index contributed by atoms with van der Waals surface area (Å²) in [6.45, 7) is 1.88. The van der Waals surface area contributed by atoms with E-state index < -0.39 is 0 Å². The first kappa shape index (κ1) is 14.2. The van der Waals surface area contributed by atoms with Crippen LogP contribution < -0.4 is 10.1 Å². The van der Waals surface area contributed by atoms with Crippen LogP contribution in [0.4, 0.5) is 0 Å². The second kappa shape index (κ2) is 5.93. The molecule has 4 nitrogen and oxygen atoms in total. The van der Waals surface area contributed by atoms with Crippen LogP contribution in [-0.4, -0.2) is 13.0 Å². The minimum atomic E-state index is -0.210. The van der Waals surface area contributed by atoms with Gasteiger partial charge in [0, 0.05) is 0 Å². The van der Waals surface area contributed by atoms with E-state index in [1.165, 1.54) is 0 Å². The van der Waals surface area contributed by atoms with Crippen LogP contribution in [0.2, 0.25) is 0 Å². The van der Waals surface area contributed by atoms with Gasteiger partial charge in [-0.05, 0) is 42.0 Å². The molecule has 0 spiro atoms. The van der Waals surface area contributed by atoms with Gasteiger partial charge < -0.3 is 14.5 Å². The Labute approximate surface area is 128 Å². The topological polar surface area (TPSA) is 51.5 Å². The van der Waals surface area contributed by atoms with Crippen molar-refractivity contribution in [2.45, 2.75) is 13.0 Å². The molecule has 0 bridgehead atoms. The van der Waals surface area contributed by atoms with Crippen LogP contribution in [0.15, 0.2) is 59.2 Å². The van der Waals surface area contributed by atoms with Gasteiger partial charge in [0.1, 0.15) is 11.5 Å². The van der Waals surface area contributed by atoms with Crippen LogP contribution in [-0.2, 0) is 0 Å². The number of hydrogen-bond donors (Lipinski definition) is 1. The first-order valence-corrected chi connectivity index (χ1v) is 7.10. The highest BCUT2D eigenvalue weighted by molar-refractivity contribution is 6.01. The van der Waals surface area contributed by atoms with E-state index in [9.17, 15) is 4.79 Å². The third-order valence-electron chi connectivity index (χ3n) is 3.63. The first-order chi connectivity index (χ1) is 10.7. The van der Waals surface area contributed by atoms with Crippen molar-refractivity contribution < 1.29 is 13.9 Å². The van der Waals surface area contributed by atoms with Crippen molar-refractivity contribution in [3.8, 4) is 5.75 Å². The molecule has 22 heavy (non-hydrogen) atoms. The van der Waals surface area contributed by atoms with Gasteiger partial charge in [-0.3, -0.25) is 4.79 Å². The quantitative estimate of drug-likeness (QED) is 0.793. The molecule has 1 N–H and O–H groups in total. The van der Waals surface area contributed by atoms with Crippen LogP contribution in [0.3, 0.4) is 0 Å². The monoisotopic (exact) mass is 295 g/mol. The van der Waals surface area contributed by atoms with Gasteiger partial charge in [0.2, 0.25) is 0 Å². The van der Waals surface area contributed by atoms with Crippen LogP contribution in [0.25, 0.3) is 10.8 Å². The van der Waals surface area contributed by atoms with E-state index in [0.29, 0.717) is 17.1 Å². The number of methoxy groups -OCH3 is 1. The minimum Gasteiger partial charge on any atom is -0.496 e. The van der Waals surface area contributed by atoms with Gasteiger partial charge in [-0.1, -0.05) is 24.3 Å². The number of benzene rings is 2. The van der Waals surface area contributed by atoms with Crippen LogP contribution in [0.1, 0.15) is 29.1 Å². The third-order valence-corrected chi connectivity index (χ3v) is 3.63. The van der Waals surface area contributed by atoms with E-state index in [0.717, 1.165) is 10.8 Å². The summed E-state index contributed by atoms with van der Waals surface area (Å²) in [7, 11) is 1.57. The normalized spacial score (nSPS) is 12.1. The molecule has 1 heterocycles. The Hall–Kier alpha value is -2.75. The number of furan rings is 1. The lowest BCUT2D eigenvalue weighted by Gasteiger charge is -2.14. The Morgan fingerprint density at radius 2 is 1.86 bits per heavy atom. The molecule has 0 fully saturated rings. The highest BCUT2D eigenvalue weighted by atomic mass is 16.5. The molecule has 3 rings (SSSR count). The average molecular weight is 295 g/mol. The standard InChI is InChI=1S/C18H17NO3/c1-12(16-8-5-9-22-16)19-18(20)15-10-13-6-3-4-7-14(13)11-17(15)21-2/h3-12H,1-2H3,(H,19,20). The van der Waals surface area contributed by atoms with E-state index in [4.69, 9.17) is 9.15 Å². The molecule has 3 aromatic rings. The number of amides is 1. The van der Waals surface area contributed by atoms with Crippen molar-refractivity contribution in [2.24, 2.45) is 0 Å². The van der Waals surface area contributed by atoms with Crippen LogP contribution in [0, 0.1) is 0 Å². The summed E-state index contributed by atoms with van der Waals surface area (Å²) in [6, 6.07) is 15.0. The van der Waals surface area contributed by atoms with Gasteiger partial charge in [-0.15, -0.1) is 0 Å². The molecule has 1 aromatic heterocycles. The van der Waals surface area contributed by atoms with E-state index in [1.807, 2.05) is 49.4 Å². The summed E-state index contributed by atoms with van der Waals surface area (Å²) in [5, 5.41) is 4.96. The molecule has 1 atom stereocenters.